The fraction of sp³-hybridized carbons (Fsp3) is 0.368. The van der Waals surface area contributed by atoms with E-state index in [0.717, 1.165) is 37.4 Å². The van der Waals surface area contributed by atoms with Crippen LogP contribution in [-0.2, 0) is 0 Å². The Morgan fingerprint density at radius 3 is 2.75 bits per heavy atom. The van der Waals surface area contributed by atoms with Crippen molar-refractivity contribution in [3.8, 4) is 11.4 Å². The molecule has 0 radical (unpaired) electrons. The van der Waals surface area contributed by atoms with Crippen molar-refractivity contribution >= 4 is 22.4 Å². The average molecular weight is 398 g/mol. The topological polar surface area (TPSA) is 94.0 Å². The van der Waals surface area contributed by atoms with Crippen molar-refractivity contribution in [3.63, 3.8) is 0 Å². The van der Waals surface area contributed by atoms with Crippen molar-refractivity contribution in [1.82, 2.24) is 25.3 Å². The van der Waals surface area contributed by atoms with E-state index in [1.807, 2.05) is 37.4 Å². The SMILES string of the molecule is COc1ccc(-n2nnc(C(=O)Nc3ncc(C4CCNCC4)s3)c2C)cc1. The zero-order valence-corrected chi connectivity index (χ0v) is 16.6. The molecule has 9 heteroatoms. The monoisotopic (exact) mass is 398 g/mol. The zero-order valence-electron chi connectivity index (χ0n) is 15.8. The van der Waals surface area contributed by atoms with E-state index < -0.39 is 0 Å². The standard InChI is InChI=1S/C19H22N6O2S/c1-12-17(23-24-25(12)14-3-5-15(27-2)6-4-14)18(26)22-19-21-11-16(28-19)13-7-9-20-10-8-13/h3-6,11,13,20H,7-10H2,1-2H3,(H,21,22,26). The Hall–Kier alpha value is -2.78. The Morgan fingerprint density at radius 2 is 2.04 bits per heavy atom. The molecular formula is C19H22N6O2S. The van der Waals surface area contributed by atoms with Crippen molar-refractivity contribution in [2.45, 2.75) is 25.7 Å². The molecule has 3 aromatic rings. The summed E-state index contributed by atoms with van der Waals surface area (Å²) >= 11 is 1.54. The first-order chi connectivity index (χ1) is 13.7. The minimum Gasteiger partial charge on any atom is -0.497 e. The number of ether oxygens (including phenoxy) is 1. The second-order valence-electron chi connectivity index (χ2n) is 6.68. The van der Waals surface area contributed by atoms with E-state index in [4.69, 9.17) is 4.74 Å². The van der Waals surface area contributed by atoms with E-state index in [0.29, 0.717) is 16.7 Å². The number of thiazole rings is 1. The van der Waals surface area contributed by atoms with Crippen LogP contribution in [0.3, 0.4) is 0 Å². The number of piperidine rings is 1. The molecule has 8 nitrogen and oxygen atoms in total. The molecule has 1 fully saturated rings. The summed E-state index contributed by atoms with van der Waals surface area (Å²) in [5.41, 5.74) is 1.76. The molecule has 1 aliphatic rings. The second kappa shape index (κ2) is 8.07. The molecule has 146 valence electrons. The molecule has 28 heavy (non-hydrogen) atoms. The summed E-state index contributed by atoms with van der Waals surface area (Å²) in [4.78, 5) is 18.3. The zero-order chi connectivity index (χ0) is 19.5. The van der Waals surface area contributed by atoms with Gasteiger partial charge < -0.3 is 10.1 Å². The molecule has 0 atom stereocenters. The number of amides is 1. The lowest BCUT2D eigenvalue weighted by Crippen LogP contribution is -2.26. The van der Waals surface area contributed by atoms with Crippen LogP contribution in [0.25, 0.3) is 5.69 Å². The molecular weight excluding hydrogens is 376 g/mol. The van der Waals surface area contributed by atoms with Gasteiger partial charge in [0.05, 0.1) is 18.5 Å². The number of hydrogen-bond acceptors (Lipinski definition) is 7. The number of methoxy groups -OCH3 is 1. The second-order valence-corrected chi connectivity index (χ2v) is 7.74. The number of anilines is 1. The van der Waals surface area contributed by atoms with Gasteiger partial charge in [0.1, 0.15) is 5.75 Å². The number of hydrogen-bond donors (Lipinski definition) is 2. The molecule has 0 unspecified atom stereocenters. The predicted octanol–water partition coefficient (Wildman–Crippen LogP) is 2.76. The first-order valence-corrected chi connectivity index (χ1v) is 10.0. The van der Waals surface area contributed by atoms with Crippen LogP contribution in [0.2, 0.25) is 0 Å². The summed E-state index contributed by atoms with van der Waals surface area (Å²) in [5, 5.41) is 15.0. The molecule has 0 spiro atoms. The van der Waals surface area contributed by atoms with Crippen LogP contribution in [0.5, 0.6) is 5.75 Å². The fourth-order valence-electron chi connectivity index (χ4n) is 3.30. The van der Waals surface area contributed by atoms with Crippen LogP contribution < -0.4 is 15.4 Å². The normalized spacial score (nSPS) is 14.8. The Bertz CT molecular complexity index is 959. The fourth-order valence-corrected chi connectivity index (χ4v) is 4.28. The van der Waals surface area contributed by atoms with E-state index in [1.54, 1.807) is 11.8 Å². The molecule has 2 N–H and O–H groups in total. The van der Waals surface area contributed by atoms with Crippen molar-refractivity contribution in [3.05, 3.63) is 46.7 Å². The van der Waals surface area contributed by atoms with Gasteiger partial charge in [-0.1, -0.05) is 5.21 Å². The van der Waals surface area contributed by atoms with Crippen LogP contribution in [0.4, 0.5) is 5.13 Å². The van der Waals surface area contributed by atoms with Crippen LogP contribution in [0.15, 0.2) is 30.5 Å². The first-order valence-electron chi connectivity index (χ1n) is 9.20. The van der Waals surface area contributed by atoms with Gasteiger partial charge in [-0.05, 0) is 63.0 Å². The lowest BCUT2D eigenvalue weighted by Gasteiger charge is -2.20. The number of carbonyl (C=O) groups is 1. The average Bonchev–Trinajstić information content (AvgIpc) is 3.35. The van der Waals surface area contributed by atoms with E-state index in [2.05, 4.69) is 25.9 Å². The molecule has 3 heterocycles. The Labute approximate surface area is 166 Å². The number of nitrogens with zero attached hydrogens (tertiary/aromatic N) is 4. The van der Waals surface area contributed by atoms with E-state index in [1.165, 1.54) is 16.2 Å². The lowest BCUT2D eigenvalue weighted by atomic mass is 9.97. The summed E-state index contributed by atoms with van der Waals surface area (Å²) in [7, 11) is 1.62. The summed E-state index contributed by atoms with van der Waals surface area (Å²) in [6, 6.07) is 7.42. The molecule has 4 rings (SSSR count). The number of benzene rings is 1. The first kappa shape index (κ1) is 18.6. The lowest BCUT2D eigenvalue weighted by molar-refractivity contribution is 0.102. The van der Waals surface area contributed by atoms with Crippen LogP contribution in [0.1, 0.15) is 39.8 Å². The van der Waals surface area contributed by atoms with Crippen LogP contribution in [-0.4, -0.2) is 46.1 Å². The largest absolute Gasteiger partial charge is 0.497 e. The minimum absolute atomic E-state index is 0.287. The van der Waals surface area contributed by atoms with E-state index >= 15 is 0 Å². The molecule has 1 aromatic carbocycles. The van der Waals surface area contributed by atoms with E-state index in [9.17, 15) is 4.79 Å². The molecule has 0 bridgehead atoms. The summed E-state index contributed by atoms with van der Waals surface area (Å²) < 4.78 is 6.81. The Morgan fingerprint density at radius 1 is 1.29 bits per heavy atom. The highest BCUT2D eigenvalue weighted by atomic mass is 32.1. The maximum Gasteiger partial charge on any atom is 0.279 e. The van der Waals surface area contributed by atoms with Crippen molar-refractivity contribution in [2.24, 2.45) is 0 Å². The third kappa shape index (κ3) is 3.76. The highest BCUT2D eigenvalue weighted by Gasteiger charge is 2.21. The van der Waals surface area contributed by atoms with Crippen molar-refractivity contribution < 1.29 is 9.53 Å². The van der Waals surface area contributed by atoms with Crippen molar-refractivity contribution in [1.29, 1.82) is 0 Å². The predicted molar refractivity (Wildman–Crippen MR) is 108 cm³/mol. The van der Waals surface area contributed by atoms with Gasteiger partial charge >= 0.3 is 0 Å². The van der Waals surface area contributed by atoms with Gasteiger partial charge in [0.15, 0.2) is 10.8 Å². The van der Waals surface area contributed by atoms with Gasteiger partial charge in [-0.2, -0.15) is 0 Å². The number of rotatable bonds is 5. The number of nitrogens with one attached hydrogen (secondary N) is 2. The summed E-state index contributed by atoms with van der Waals surface area (Å²) in [6.07, 6.45) is 4.08. The van der Waals surface area contributed by atoms with Crippen LogP contribution >= 0.6 is 11.3 Å². The van der Waals surface area contributed by atoms with E-state index in [-0.39, 0.29) is 11.6 Å². The third-order valence-corrected chi connectivity index (χ3v) is 5.99. The van der Waals surface area contributed by atoms with Gasteiger partial charge in [0.25, 0.3) is 5.91 Å². The van der Waals surface area contributed by atoms with Gasteiger partial charge in [-0.25, -0.2) is 9.67 Å². The highest BCUT2D eigenvalue weighted by Crippen LogP contribution is 2.31. The van der Waals surface area contributed by atoms with Crippen molar-refractivity contribution in [2.75, 3.05) is 25.5 Å². The summed E-state index contributed by atoms with van der Waals surface area (Å²) in [6.45, 7) is 3.87. The smallest absolute Gasteiger partial charge is 0.279 e. The number of aromatic nitrogens is 4. The Kier molecular flexibility index (Phi) is 5.36. The van der Waals surface area contributed by atoms with Gasteiger partial charge in [0, 0.05) is 11.1 Å². The van der Waals surface area contributed by atoms with Crippen LogP contribution in [0, 0.1) is 6.92 Å². The molecule has 1 amide bonds. The van der Waals surface area contributed by atoms with Gasteiger partial charge in [-0.15, -0.1) is 16.4 Å². The molecule has 0 aliphatic carbocycles. The third-order valence-electron chi connectivity index (χ3n) is 4.91. The van der Waals surface area contributed by atoms with Gasteiger partial charge in [-0.3, -0.25) is 10.1 Å². The Balaban J connectivity index is 1.48. The maximum absolute atomic E-state index is 12.7. The summed E-state index contributed by atoms with van der Waals surface area (Å²) in [5.74, 6) is 0.971. The highest BCUT2D eigenvalue weighted by molar-refractivity contribution is 7.15. The molecule has 1 saturated heterocycles. The molecule has 0 saturated carbocycles. The van der Waals surface area contributed by atoms with Gasteiger partial charge in [0.2, 0.25) is 0 Å². The maximum atomic E-state index is 12.7. The molecule has 2 aromatic heterocycles. The number of carbonyl (C=O) groups excluding carboxylic acids is 1. The molecule has 1 aliphatic heterocycles. The quantitative estimate of drug-likeness (QED) is 0.686. The minimum atomic E-state index is -0.302.